The van der Waals surface area contributed by atoms with Gasteiger partial charge in [-0.3, -0.25) is 4.79 Å². The Bertz CT molecular complexity index is 453. The van der Waals surface area contributed by atoms with E-state index in [9.17, 15) is 9.90 Å². The Morgan fingerprint density at radius 1 is 1.42 bits per heavy atom. The maximum atomic E-state index is 12.2. The summed E-state index contributed by atoms with van der Waals surface area (Å²) in [6.07, 6.45) is 3.95. The largest absolute Gasteiger partial charge is 0.507 e. The summed E-state index contributed by atoms with van der Waals surface area (Å²) < 4.78 is 0. The number of hydrogen-bond donors (Lipinski definition) is 2. The smallest absolute Gasteiger partial charge is 0.255 e. The van der Waals surface area contributed by atoms with Crippen LogP contribution >= 0.6 is 11.6 Å². The number of hydrogen-bond acceptors (Lipinski definition) is 2. The number of phenolic OH excluding ortho intramolecular Hbond substituents is 1. The lowest BCUT2D eigenvalue weighted by Gasteiger charge is -2.38. The number of carbonyl (C=O) groups excluding carboxylic acids is 1. The molecule has 0 unspecified atom stereocenters. The molecular weight excluding hydrogens is 262 g/mol. The van der Waals surface area contributed by atoms with Gasteiger partial charge in [-0.1, -0.05) is 19.1 Å². The second-order valence-corrected chi connectivity index (χ2v) is 5.84. The molecule has 0 heterocycles. The zero-order valence-electron chi connectivity index (χ0n) is 11.2. The Balaban J connectivity index is 2.11. The molecule has 2 N–H and O–H groups in total. The van der Waals surface area contributed by atoms with E-state index in [1.807, 2.05) is 0 Å². The Morgan fingerprint density at radius 3 is 2.63 bits per heavy atom. The zero-order valence-corrected chi connectivity index (χ0v) is 11.9. The minimum absolute atomic E-state index is 0.00824. The van der Waals surface area contributed by atoms with Crippen molar-refractivity contribution in [2.75, 3.05) is 5.88 Å². The van der Waals surface area contributed by atoms with Crippen molar-refractivity contribution in [2.24, 2.45) is 5.92 Å². The fourth-order valence-electron chi connectivity index (χ4n) is 2.58. The summed E-state index contributed by atoms with van der Waals surface area (Å²) in [6.45, 7) is 2.23. The van der Waals surface area contributed by atoms with E-state index in [4.69, 9.17) is 11.6 Å². The van der Waals surface area contributed by atoms with Gasteiger partial charge >= 0.3 is 0 Å². The number of para-hydroxylation sites is 1. The second-order valence-electron chi connectivity index (χ2n) is 5.57. The van der Waals surface area contributed by atoms with Crippen LogP contribution in [-0.2, 0) is 0 Å². The SMILES string of the molecule is CC1CCC(CCl)(NC(=O)c2ccccc2O)CC1. The lowest BCUT2D eigenvalue weighted by molar-refractivity contribution is 0.0869. The highest BCUT2D eigenvalue weighted by molar-refractivity contribution is 6.19. The number of nitrogens with one attached hydrogen (secondary N) is 1. The minimum atomic E-state index is -0.326. The van der Waals surface area contributed by atoms with E-state index < -0.39 is 0 Å². The molecular formula is C15H20ClNO2. The summed E-state index contributed by atoms with van der Waals surface area (Å²) >= 11 is 6.08. The number of aromatic hydroxyl groups is 1. The molecule has 0 atom stereocenters. The molecule has 4 heteroatoms. The van der Waals surface area contributed by atoms with Crippen LogP contribution in [0.25, 0.3) is 0 Å². The van der Waals surface area contributed by atoms with Gasteiger partial charge in [-0.2, -0.15) is 0 Å². The number of halogens is 1. The molecule has 3 nitrogen and oxygen atoms in total. The van der Waals surface area contributed by atoms with E-state index in [0.717, 1.165) is 25.7 Å². The Labute approximate surface area is 119 Å². The molecule has 0 saturated heterocycles. The van der Waals surface area contributed by atoms with Crippen molar-refractivity contribution >= 4 is 17.5 Å². The molecule has 2 rings (SSSR count). The topological polar surface area (TPSA) is 49.3 Å². The molecule has 1 fully saturated rings. The highest BCUT2D eigenvalue weighted by atomic mass is 35.5. The normalized spacial score (nSPS) is 26.9. The first-order chi connectivity index (χ1) is 9.06. The average Bonchev–Trinajstić information content (AvgIpc) is 2.42. The van der Waals surface area contributed by atoms with Crippen LogP contribution in [0.3, 0.4) is 0 Å². The van der Waals surface area contributed by atoms with Gasteiger partial charge in [-0.15, -0.1) is 11.6 Å². The van der Waals surface area contributed by atoms with Crippen molar-refractivity contribution < 1.29 is 9.90 Å². The van der Waals surface area contributed by atoms with Gasteiger partial charge in [0.25, 0.3) is 5.91 Å². The molecule has 19 heavy (non-hydrogen) atoms. The summed E-state index contributed by atoms with van der Waals surface area (Å²) in [5.74, 6) is 0.875. The van der Waals surface area contributed by atoms with E-state index in [2.05, 4.69) is 12.2 Å². The van der Waals surface area contributed by atoms with Crippen LogP contribution in [0.1, 0.15) is 43.0 Å². The van der Waals surface area contributed by atoms with Crippen LogP contribution in [0.5, 0.6) is 5.75 Å². The third-order valence-electron chi connectivity index (χ3n) is 4.01. The highest BCUT2D eigenvalue weighted by Crippen LogP contribution is 2.33. The summed E-state index contributed by atoms with van der Waals surface area (Å²) in [6, 6.07) is 6.58. The van der Waals surface area contributed by atoms with Gasteiger partial charge in [0.05, 0.1) is 11.1 Å². The fraction of sp³-hybridized carbons (Fsp3) is 0.533. The van der Waals surface area contributed by atoms with Crippen molar-refractivity contribution in [3.05, 3.63) is 29.8 Å². The summed E-state index contributed by atoms with van der Waals surface area (Å²) in [5.41, 5.74) is -0.0152. The Kier molecular flexibility index (Phi) is 4.35. The first kappa shape index (κ1) is 14.2. The third-order valence-corrected chi connectivity index (χ3v) is 4.53. The second kappa shape index (κ2) is 5.83. The van der Waals surface area contributed by atoms with Gasteiger partial charge < -0.3 is 10.4 Å². The molecule has 0 radical (unpaired) electrons. The van der Waals surface area contributed by atoms with E-state index in [-0.39, 0.29) is 17.2 Å². The van der Waals surface area contributed by atoms with Crippen LogP contribution in [0.4, 0.5) is 0 Å². The molecule has 1 aliphatic carbocycles. The van der Waals surface area contributed by atoms with Crippen LogP contribution in [0, 0.1) is 5.92 Å². The molecule has 1 amide bonds. The lowest BCUT2D eigenvalue weighted by atomic mass is 9.78. The summed E-state index contributed by atoms with van der Waals surface area (Å²) in [4.78, 5) is 12.2. The Morgan fingerprint density at radius 2 is 2.05 bits per heavy atom. The maximum Gasteiger partial charge on any atom is 0.255 e. The maximum absolute atomic E-state index is 12.2. The molecule has 0 aliphatic heterocycles. The first-order valence-corrected chi connectivity index (χ1v) is 7.26. The van der Waals surface area contributed by atoms with Crippen molar-refractivity contribution in [3.63, 3.8) is 0 Å². The molecule has 1 aromatic rings. The standard InChI is InChI=1S/C15H20ClNO2/c1-11-6-8-15(10-16,9-7-11)17-14(19)12-4-2-3-5-13(12)18/h2-5,11,18H,6-10H2,1H3,(H,17,19). The predicted molar refractivity (Wildman–Crippen MR) is 76.7 cm³/mol. The van der Waals surface area contributed by atoms with Crippen LogP contribution in [-0.4, -0.2) is 22.4 Å². The number of carbonyl (C=O) groups is 1. The number of rotatable bonds is 3. The Hall–Kier alpha value is -1.22. The van der Waals surface area contributed by atoms with Gasteiger partial charge in [0.15, 0.2) is 0 Å². The van der Waals surface area contributed by atoms with Crippen molar-refractivity contribution in [3.8, 4) is 5.75 Å². The minimum Gasteiger partial charge on any atom is -0.507 e. The molecule has 1 aliphatic rings. The summed E-state index contributed by atoms with van der Waals surface area (Å²) in [7, 11) is 0. The first-order valence-electron chi connectivity index (χ1n) is 6.73. The van der Waals surface area contributed by atoms with Crippen molar-refractivity contribution in [1.29, 1.82) is 0 Å². The molecule has 0 spiro atoms. The summed E-state index contributed by atoms with van der Waals surface area (Å²) in [5, 5.41) is 12.7. The number of phenols is 1. The van der Waals surface area contributed by atoms with Crippen LogP contribution in [0.15, 0.2) is 24.3 Å². The van der Waals surface area contributed by atoms with Gasteiger partial charge in [0.2, 0.25) is 0 Å². The van der Waals surface area contributed by atoms with E-state index in [1.165, 1.54) is 6.07 Å². The zero-order chi connectivity index (χ0) is 13.9. The van der Waals surface area contributed by atoms with Gasteiger partial charge in [0.1, 0.15) is 5.75 Å². The average molecular weight is 282 g/mol. The van der Waals surface area contributed by atoms with Gasteiger partial charge in [-0.25, -0.2) is 0 Å². The van der Waals surface area contributed by atoms with E-state index in [1.54, 1.807) is 18.2 Å². The monoisotopic (exact) mass is 281 g/mol. The quantitative estimate of drug-likeness (QED) is 0.835. The van der Waals surface area contributed by atoms with E-state index in [0.29, 0.717) is 17.4 Å². The van der Waals surface area contributed by atoms with Crippen LogP contribution < -0.4 is 5.32 Å². The van der Waals surface area contributed by atoms with Crippen molar-refractivity contribution in [2.45, 2.75) is 38.1 Å². The number of amides is 1. The lowest BCUT2D eigenvalue weighted by Crippen LogP contribution is -2.52. The molecule has 0 bridgehead atoms. The number of benzene rings is 1. The molecule has 1 aromatic carbocycles. The fourth-order valence-corrected chi connectivity index (χ4v) is 2.91. The van der Waals surface area contributed by atoms with Gasteiger partial charge in [0, 0.05) is 5.88 Å². The van der Waals surface area contributed by atoms with Gasteiger partial charge in [-0.05, 0) is 43.7 Å². The third kappa shape index (κ3) is 3.21. The number of alkyl halides is 1. The van der Waals surface area contributed by atoms with Crippen LogP contribution in [0.2, 0.25) is 0 Å². The van der Waals surface area contributed by atoms with E-state index >= 15 is 0 Å². The molecule has 104 valence electrons. The predicted octanol–water partition coefficient (Wildman–Crippen LogP) is 3.31. The molecule has 0 aromatic heterocycles. The highest BCUT2D eigenvalue weighted by Gasteiger charge is 2.35. The van der Waals surface area contributed by atoms with Crippen molar-refractivity contribution in [1.82, 2.24) is 5.32 Å². The molecule has 1 saturated carbocycles.